The van der Waals surface area contributed by atoms with Gasteiger partial charge < -0.3 is 5.11 Å². The molecular weight excluding hydrogens is 98.9 g/mol. The quantitative estimate of drug-likeness (QED) is 0.448. The molecule has 0 aliphatic heterocycles. The Morgan fingerprint density at radius 2 is 1.88 bits per heavy atom. The van der Waals surface area contributed by atoms with E-state index in [1.165, 1.54) is 19.3 Å². The van der Waals surface area contributed by atoms with Crippen LogP contribution in [0.1, 0.15) is 25.7 Å². The molecule has 8 heavy (non-hydrogen) atoms. The molecule has 1 aliphatic carbocycles. The van der Waals surface area contributed by atoms with Crippen molar-refractivity contribution in [3.63, 3.8) is 0 Å². The van der Waals surface area contributed by atoms with Gasteiger partial charge in [0.2, 0.25) is 0 Å². The fourth-order valence-electron chi connectivity index (χ4n) is 1.30. The van der Waals surface area contributed by atoms with Crippen molar-refractivity contribution in [1.29, 1.82) is 0 Å². The summed E-state index contributed by atoms with van der Waals surface area (Å²) in [5.41, 5.74) is 0. The molecule has 2 unspecified atom stereocenters. The molecule has 2 atom stereocenters. The molecule has 1 nitrogen and oxygen atoms in total. The lowest BCUT2D eigenvalue weighted by Crippen LogP contribution is -2.19. The third kappa shape index (κ3) is 1.25. The van der Waals surface area contributed by atoms with Crippen LogP contribution in [0.5, 0.6) is 0 Å². The van der Waals surface area contributed by atoms with Gasteiger partial charge in [-0.2, -0.15) is 0 Å². The van der Waals surface area contributed by atoms with Crippen molar-refractivity contribution in [2.75, 3.05) is 0 Å². The van der Waals surface area contributed by atoms with E-state index in [2.05, 4.69) is 7.85 Å². The number of hydrogen-bond donors (Lipinski definition) is 1. The van der Waals surface area contributed by atoms with Crippen LogP contribution in [0.3, 0.4) is 0 Å². The van der Waals surface area contributed by atoms with Crippen molar-refractivity contribution in [3.8, 4) is 0 Å². The van der Waals surface area contributed by atoms with E-state index < -0.39 is 0 Å². The first kappa shape index (κ1) is 6.15. The summed E-state index contributed by atoms with van der Waals surface area (Å²) in [6, 6.07) is 0. The molecule has 0 spiro atoms. The van der Waals surface area contributed by atoms with E-state index >= 15 is 0 Å². The summed E-state index contributed by atoms with van der Waals surface area (Å²) in [5, 5.41) is 9.18. The Bertz CT molecular complexity index is 64.9. The fourth-order valence-corrected chi connectivity index (χ4v) is 1.30. The van der Waals surface area contributed by atoms with Gasteiger partial charge in [0.1, 0.15) is 7.85 Å². The highest BCUT2D eigenvalue weighted by molar-refractivity contribution is 6.12. The Labute approximate surface area is 51.5 Å². The van der Waals surface area contributed by atoms with E-state index in [1.807, 2.05) is 0 Å². The Hall–Kier alpha value is 0.0249. The topological polar surface area (TPSA) is 20.2 Å². The summed E-state index contributed by atoms with van der Waals surface area (Å²) >= 11 is 0. The second kappa shape index (κ2) is 2.54. The molecule has 1 saturated carbocycles. The van der Waals surface area contributed by atoms with Crippen LogP contribution >= 0.6 is 0 Å². The highest BCUT2D eigenvalue weighted by atomic mass is 16.3. The summed E-state index contributed by atoms with van der Waals surface area (Å²) in [5.74, 6) is 0.559. The van der Waals surface area contributed by atoms with Crippen LogP contribution in [0, 0.1) is 0 Å². The summed E-state index contributed by atoms with van der Waals surface area (Å²) in [4.78, 5) is 0. The SMILES string of the molecule is BC1CCCCC1O. The lowest BCUT2D eigenvalue weighted by molar-refractivity contribution is 0.131. The minimum absolute atomic E-state index is 0.00347. The minimum Gasteiger partial charge on any atom is -0.394 e. The predicted molar refractivity (Wildman–Crippen MR) is 36.8 cm³/mol. The molecule has 0 radical (unpaired) electrons. The van der Waals surface area contributed by atoms with Crippen LogP contribution in [0.15, 0.2) is 0 Å². The van der Waals surface area contributed by atoms with Crippen LogP contribution in [-0.2, 0) is 0 Å². The number of aliphatic hydroxyl groups is 1. The molecule has 1 rings (SSSR count). The zero-order chi connectivity index (χ0) is 5.98. The summed E-state index contributed by atoms with van der Waals surface area (Å²) < 4.78 is 0. The van der Waals surface area contributed by atoms with E-state index in [-0.39, 0.29) is 6.10 Å². The van der Waals surface area contributed by atoms with Gasteiger partial charge >= 0.3 is 0 Å². The van der Waals surface area contributed by atoms with Crippen LogP contribution in [0.25, 0.3) is 0 Å². The molecule has 1 fully saturated rings. The van der Waals surface area contributed by atoms with E-state index in [1.54, 1.807) is 0 Å². The van der Waals surface area contributed by atoms with Gasteiger partial charge in [-0.3, -0.25) is 0 Å². The zero-order valence-corrected chi connectivity index (χ0v) is 5.43. The van der Waals surface area contributed by atoms with Crippen molar-refractivity contribution in [2.45, 2.75) is 37.6 Å². The summed E-state index contributed by atoms with van der Waals surface area (Å²) in [6.07, 6.45) is 4.80. The monoisotopic (exact) mass is 112 g/mol. The fraction of sp³-hybridized carbons (Fsp3) is 1.00. The third-order valence-electron chi connectivity index (χ3n) is 2.07. The largest absolute Gasteiger partial charge is 0.394 e. The van der Waals surface area contributed by atoms with Gasteiger partial charge in [-0.25, -0.2) is 0 Å². The van der Waals surface area contributed by atoms with E-state index in [0.717, 1.165) is 6.42 Å². The smallest absolute Gasteiger partial charge is 0.108 e. The van der Waals surface area contributed by atoms with Crippen LogP contribution in [0.2, 0.25) is 5.82 Å². The molecule has 0 aromatic rings. The van der Waals surface area contributed by atoms with Gasteiger partial charge in [0.25, 0.3) is 0 Å². The second-order valence-corrected chi connectivity index (χ2v) is 2.83. The molecule has 1 N–H and O–H groups in total. The van der Waals surface area contributed by atoms with Gasteiger partial charge in [-0.05, 0) is 12.2 Å². The second-order valence-electron chi connectivity index (χ2n) is 2.83. The molecule has 0 aromatic carbocycles. The van der Waals surface area contributed by atoms with Crippen LogP contribution in [-0.4, -0.2) is 19.1 Å². The maximum Gasteiger partial charge on any atom is 0.108 e. The normalized spacial score (nSPS) is 39.6. The lowest BCUT2D eigenvalue weighted by atomic mass is 9.73. The average Bonchev–Trinajstić information content (AvgIpc) is 1.77. The number of hydrogen-bond acceptors (Lipinski definition) is 1. The average molecular weight is 112 g/mol. The molecule has 0 bridgehead atoms. The summed E-state index contributed by atoms with van der Waals surface area (Å²) in [7, 11) is 2.13. The first-order valence-electron chi connectivity index (χ1n) is 3.49. The molecular formula is C6H13BO. The van der Waals surface area contributed by atoms with Gasteiger partial charge in [0.15, 0.2) is 0 Å². The van der Waals surface area contributed by atoms with Crippen LogP contribution < -0.4 is 0 Å². The number of rotatable bonds is 0. The molecule has 0 aromatic heterocycles. The van der Waals surface area contributed by atoms with Gasteiger partial charge in [-0.1, -0.05) is 19.3 Å². The van der Waals surface area contributed by atoms with Gasteiger partial charge in [-0.15, -0.1) is 0 Å². The van der Waals surface area contributed by atoms with Crippen molar-refractivity contribution in [3.05, 3.63) is 0 Å². The minimum atomic E-state index is 0.00347. The highest BCUT2D eigenvalue weighted by Gasteiger charge is 2.17. The van der Waals surface area contributed by atoms with E-state index in [9.17, 15) is 5.11 Å². The summed E-state index contributed by atoms with van der Waals surface area (Å²) in [6.45, 7) is 0. The van der Waals surface area contributed by atoms with E-state index in [0.29, 0.717) is 5.82 Å². The molecule has 1 aliphatic rings. The third-order valence-corrected chi connectivity index (χ3v) is 2.07. The first-order chi connectivity index (χ1) is 3.80. The standard InChI is InChI=1S/C6H13BO/c7-5-3-1-2-4-6(5)8/h5-6,8H,1-4,7H2. The van der Waals surface area contributed by atoms with Crippen molar-refractivity contribution in [2.24, 2.45) is 0 Å². The Morgan fingerprint density at radius 1 is 1.25 bits per heavy atom. The molecule has 0 heterocycles. The zero-order valence-electron chi connectivity index (χ0n) is 5.43. The van der Waals surface area contributed by atoms with Crippen molar-refractivity contribution >= 4 is 7.85 Å². The molecule has 0 amide bonds. The van der Waals surface area contributed by atoms with Crippen molar-refractivity contribution in [1.82, 2.24) is 0 Å². The predicted octanol–water partition coefficient (Wildman–Crippen LogP) is 0.343. The van der Waals surface area contributed by atoms with E-state index in [4.69, 9.17) is 0 Å². The highest BCUT2D eigenvalue weighted by Crippen LogP contribution is 2.25. The van der Waals surface area contributed by atoms with Gasteiger partial charge in [0, 0.05) is 6.10 Å². The Kier molecular flexibility index (Phi) is 1.95. The van der Waals surface area contributed by atoms with Crippen LogP contribution in [0.4, 0.5) is 0 Å². The lowest BCUT2D eigenvalue weighted by Gasteiger charge is -2.23. The van der Waals surface area contributed by atoms with Gasteiger partial charge in [0.05, 0.1) is 0 Å². The molecule has 46 valence electrons. The van der Waals surface area contributed by atoms with Crippen molar-refractivity contribution < 1.29 is 5.11 Å². The maximum absolute atomic E-state index is 9.18. The number of aliphatic hydroxyl groups excluding tert-OH is 1. The molecule has 0 saturated heterocycles. The Balaban J connectivity index is 2.28. The molecule has 2 heteroatoms. The maximum atomic E-state index is 9.18. The first-order valence-corrected chi connectivity index (χ1v) is 3.49. The Morgan fingerprint density at radius 3 is 2.25 bits per heavy atom.